The van der Waals surface area contributed by atoms with E-state index in [0.29, 0.717) is 0 Å². The molecule has 0 fully saturated rings. The first-order valence-electron chi connectivity index (χ1n) is 4.40. The van der Waals surface area contributed by atoms with Crippen LogP contribution in [0.4, 0.5) is 12.9 Å². The van der Waals surface area contributed by atoms with Crippen molar-refractivity contribution < 1.29 is 12.9 Å². The summed E-state index contributed by atoms with van der Waals surface area (Å²) in [5, 5.41) is 0. The Kier molecular flexibility index (Phi) is 3.11. The van der Waals surface area contributed by atoms with Crippen molar-refractivity contribution in [2.75, 3.05) is 0 Å². The minimum Gasteiger partial charge on any atom is -0.445 e. The number of aromatic nitrogens is 2. The van der Waals surface area contributed by atoms with E-state index in [2.05, 4.69) is 6.58 Å². The Bertz CT molecular complexity index is 529. The van der Waals surface area contributed by atoms with E-state index in [4.69, 9.17) is 0 Å². The second-order valence-corrected chi connectivity index (χ2v) is 3.43. The molecule has 0 unspecified atom stereocenters. The van der Waals surface area contributed by atoms with Gasteiger partial charge in [-0.25, -0.2) is 4.79 Å². The Balaban J connectivity index is 3.09. The maximum absolute atomic E-state index is 12.2. The SMILES string of the molecule is C=C(Cn1cc(C)c(=O)[nH]c1=O)[B-](F)(F)F. The monoisotopic (exact) mass is 233 g/mol. The van der Waals surface area contributed by atoms with Crippen LogP contribution in [0, 0.1) is 6.92 Å². The molecule has 16 heavy (non-hydrogen) atoms. The largest absolute Gasteiger partial charge is 0.506 e. The summed E-state index contributed by atoms with van der Waals surface area (Å²) in [5.74, 6) is 0. The van der Waals surface area contributed by atoms with Crippen molar-refractivity contribution in [1.82, 2.24) is 9.55 Å². The molecule has 1 rings (SSSR count). The van der Waals surface area contributed by atoms with Gasteiger partial charge in [0.1, 0.15) is 0 Å². The van der Waals surface area contributed by atoms with Gasteiger partial charge in [-0.2, -0.15) is 0 Å². The van der Waals surface area contributed by atoms with Crippen LogP contribution in [0.15, 0.2) is 27.8 Å². The van der Waals surface area contributed by atoms with Crippen LogP contribution in [0.25, 0.3) is 0 Å². The van der Waals surface area contributed by atoms with Gasteiger partial charge in [0.05, 0.1) is 0 Å². The lowest BCUT2D eigenvalue weighted by molar-refractivity contribution is 0.481. The van der Waals surface area contributed by atoms with Crippen LogP contribution in [0.3, 0.4) is 0 Å². The van der Waals surface area contributed by atoms with E-state index in [0.717, 1.165) is 10.8 Å². The molecule has 0 saturated carbocycles. The standard InChI is InChI=1S/C8H9BF3N2O2/c1-5-3-14(8(16)13-7(5)15)4-6(2)9(10,11)12/h3H,2,4H2,1H3,(H,13,15,16)/q-1. The van der Waals surface area contributed by atoms with E-state index in [1.165, 1.54) is 6.92 Å². The minimum atomic E-state index is -5.18. The summed E-state index contributed by atoms with van der Waals surface area (Å²) in [5.41, 5.74) is -2.31. The molecular weight excluding hydrogens is 224 g/mol. The third-order valence-electron chi connectivity index (χ3n) is 2.03. The van der Waals surface area contributed by atoms with Crippen LogP contribution in [0.1, 0.15) is 5.56 Å². The number of halogens is 3. The average Bonchev–Trinajstić information content (AvgIpc) is 2.12. The van der Waals surface area contributed by atoms with Gasteiger partial charge in [0.2, 0.25) is 0 Å². The lowest BCUT2D eigenvalue weighted by Gasteiger charge is -2.18. The third-order valence-corrected chi connectivity index (χ3v) is 2.03. The van der Waals surface area contributed by atoms with E-state index in [1.807, 2.05) is 4.98 Å². The van der Waals surface area contributed by atoms with Crippen LogP contribution in [0.2, 0.25) is 0 Å². The summed E-state index contributed by atoms with van der Waals surface area (Å²) in [6.07, 6.45) is 1.08. The van der Waals surface area contributed by atoms with Gasteiger partial charge in [0.25, 0.3) is 5.56 Å². The zero-order valence-corrected chi connectivity index (χ0v) is 8.47. The van der Waals surface area contributed by atoms with E-state index in [9.17, 15) is 22.5 Å². The highest BCUT2D eigenvalue weighted by molar-refractivity contribution is 6.66. The average molecular weight is 233 g/mol. The molecule has 0 amide bonds. The van der Waals surface area contributed by atoms with Crippen LogP contribution in [-0.4, -0.2) is 16.5 Å². The van der Waals surface area contributed by atoms with Crippen molar-refractivity contribution in [2.45, 2.75) is 13.5 Å². The van der Waals surface area contributed by atoms with Crippen LogP contribution in [-0.2, 0) is 6.54 Å². The smallest absolute Gasteiger partial charge is 0.445 e. The third kappa shape index (κ3) is 2.65. The molecule has 8 heteroatoms. The zero-order chi connectivity index (χ0) is 12.5. The number of hydrogen-bond donors (Lipinski definition) is 1. The van der Waals surface area contributed by atoms with Crippen LogP contribution in [0.5, 0.6) is 0 Å². The lowest BCUT2D eigenvalue weighted by Crippen LogP contribution is -2.33. The molecule has 4 nitrogen and oxygen atoms in total. The lowest BCUT2D eigenvalue weighted by atomic mass is 9.80. The molecular formula is C8H9BF3N2O2-. The quantitative estimate of drug-likeness (QED) is 0.784. The first-order valence-corrected chi connectivity index (χ1v) is 4.40. The number of allylic oxidation sites excluding steroid dienone is 1. The fraction of sp³-hybridized carbons (Fsp3) is 0.250. The minimum absolute atomic E-state index is 0.169. The van der Waals surface area contributed by atoms with E-state index >= 15 is 0 Å². The first-order chi connectivity index (χ1) is 7.21. The van der Waals surface area contributed by atoms with Gasteiger partial charge in [-0.05, 0) is 6.92 Å². The Hall–Kier alpha value is -1.73. The Labute approximate surface area is 88.5 Å². The predicted octanol–water partition coefficient (Wildman–Crippen LogP) is 0.788. The Morgan fingerprint density at radius 2 is 2.06 bits per heavy atom. The van der Waals surface area contributed by atoms with Gasteiger partial charge in [0.15, 0.2) is 0 Å². The van der Waals surface area contributed by atoms with Gasteiger partial charge in [-0.1, -0.05) is 0 Å². The molecule has 0 aliphatic carbocycles. The molecule has 0 aromatic carbocycles. The van der Waals surface area contributed by atoms with Gasteiger partial charge < -0.3 is 12.9 Å². The molecule has 0 aliphatic heterocycles. The second-order valence-electron chi connectivity index (χ2n) is 3.43. The summed E-state index contributed by atoms with van der Waals surface area (Å²) in [4.78, 5) is 24.0. The van der Waals surface area contributed by atoms with Gasteiger partial charge >= 0.3 is 12.7 Å². The summed E-state index contributed by atoms with van der Waals surface area (Å²) < 4.78 is 37.4. The fourth-order valence-corrected chi connectivity index (χ4v) is 1.06. The molecule has 1 aromatic heterocycles. The summed E-state index contributed by atoms with van der Waals surface area (Å²) >= 11 is 0. The van der Waals surface area contributed by atoms with Gasteiger partial charge in [0, 0.05) is 18.3 Å². The van der Waals surface area contributed by atoms with E-state index in [1.54, 1.807) is 0 Å². The number of hydrogen-bond acceptors (Lipinski definition) is 2. The summed E-state index contributed by atoms with van der Waals surface area (Å²) in [6, 6.07) is 0. The zero-order valence-electron chi connectivity index (χ0n) is 8.47. The first kappa shape index (κ1) is 12.3. The Morgan fingerprint density at radius 1 is 1.50 bits per heavy atom. The van der Waals surface area contributed by atoms with Gasteiger partial charge in [-0.15, -0.1) is 12.1 Å². The van der Waals surface area contributed by atoms with Crippen molar-refractivity contribution >= 4 is 6.98 Å². The highest BCUT2D eigenvalue weighted by atomic mass is 19.4. The molecule has 0 radical (unpaired) electrons. The van der Waals surface area contributed by atoms with Crippen molar-refractivity contribution in [3.8, 4) is 0 Å². The predicted molar refractivity (Wildman–Crippen MR) is 54.3 cm³/mol. The van der Waals surface area contributed by atoms with Crippen molar-refractivity contribution in [2.24, 2.45) is 0 Å². The molecule has 1 aromatic rings. The van der Waals surface area contributed by atoms with E-state index in [-0.39, 0.29) is 5.56 Å². The fourth-order valence-electron chi connectivity index (χ4n) is 1.06. The topological polar surface area (TPSA) is 54.9 Å². The highest BCUT2D eigenvalue weighted by Crippen LogP contribution is 2.18. The number of H-pyrrole nitrogens is 1. The Morgan fingerprint density at radius 3 is 2.56 bits per heavy atom. The van der Waals surface area contributed by atoms with Crippen LogP contribution >= 0.6 is 0 Å². The molecule has 0 saturated heterocycles. The molecule has 88 valence electrons. The summed E-state index contributed by atoms with van der Waals surface area (Å²) in [6.45, 7) is -1.58. The highest BCUT2D eigenvalue weighted by Gasteiger charge is 2.26. The number of aryl methyl sites for hydroxylation is 1. The normalized spacial score (nSPS) is 11.5. The molecule has 0 aliphatic rings. The van der Waals surface area contributed by atoms with E-state index < -0.39 is 30.2 Å². The number of nitrogens with one attached hydrogen (secondary N) is 1. The van der Waals surface area contributed by atoms with Gasteiger partial charge in [-0.3, -0.25) is 14.3 Å². The van der Waals surface area contributed by atoms with Crippen LogP contribution < -0.4 is 11.2 Å². The maximum atomic E-state index is 12.2. The summed E-state index contributed by atoms with van der Waals surface area (Å²) in [7, 11) is 0. The molecule has 1 N–H and O–H groups in total. The molecule has 0 spiro atoms. The van der Waals surface area contributed by atoms with Crippen molar-refractivity contribution in [3.05, 3.63) is 44.6 Å². The molecule has 1 heterocycles. The van der Waals surface area contributed by atoms with Crippen molar-refractivity contribution in [3.63, 3.8) is 0 Å². The van der Waals surface area contributed by atoms with Crippen molar-refractivity contribution in [1.29, 1.82) is 0 Å². The number of aromatic amines is 1. The maximum Gasteiger partial charge on any atom is 0.506 e. The number of rotatable bonds is 3. The molecule has 0 atom stereocenters. The number of nitrogens with zero attached hydrogens (tertiary/aromatic N) is 1. The second kappa shape index (κ2) is 4.03. The molecule has 0 bridgehead atoms.